The molecule has 1 amide bonds. The number of likely N-dealkylation sites (tertiary alicyclic amines) is 1. The standard InChI is InChI=1S/C19H24FN3O/c20-16-6-8-17(9-7-16)23-13-4-5-18(23)15-19(24)21-10-14-22-11-2-1-3-12-22/h4-9,13H,1-3,10-12,14-15H2,(H,21,24). The molecule has 1 aliphatic heterocycles. The summed E-state index contributed by atoms with van der Waals surface area (Å²) in [6.45, 7) is 3.90. The van der Waals surface area contributed by atoms with Crippen LogP contribution in [-0.4, -0.2) is 41.6 Å². The van der Waals surface area contributed by atoms with Gasteiger partial charge in [-0.25, -0.2) is 4.39 Å². The molecule has 0 radical (unpaired) electrons. The first-order chi connectivity index (χ1) is 11.7. The molecule has 1 N–H and O–H groups in total. The molecule has 0 aliphatic carbocycles. The van der Waals surface area contributed by atoms with Gasteiger partial charge in [-0.05, 0) is 62.3 Å². The van der Waals surface area contributed by atoms with Gasteiger partial charge in [0.1, 0.15) is 5.82 Å². The van der Waals surface area contributed by atoms with Gasteiger partial charge in [-0.1, -0.05) is 6.42 Å². The summed E-state index contributed by atoms with van der Waals surface area (Å²) < 4.78 is 15.0. The Morgan fingerprint density at radius 3 is 2.58 bits per heavy atom. The van der Waals surface area contributed by atoms with Gasteiger partial charge in [0.25, 0.3) is 0 Å². The molecule has 3 rings (SSSR count). The zero-order valence-electron chi connectivity index (χ0n) is 13.9. The molecule has 0 bridgehead atoms. The van der Waals surface area contributed by atoms with Gasteiger partial charge < -0.3 is 14.8 Å². The van der Waals surface area contributed by atoms with Crippen molar-refractivity contribution in [2.24, 2.45) is 0 Å². The van der Waals surface area contributed by atoms with Crippen molar-refractivity contribution in [2.45, 2.75) is 25.7 Å². The Kier molecular flexibility index (Phi) is 5.64. The summed E-state index contributed by atoms with van der Waals surface area (Å²) in [6.07, 6.45) is 6.06. The summed E-state index contributed by atoms with van der Waals surface area (Å²) >= 11 is 0. The Hall–Kier alpha value is -2.14. The van der Waals surface area contributed by atoms with Gasteiger partial charge in [0.05, 0.1) is 6.42 Å². The van der Waals surface area contributed by atoms with Crippen molar-refractivity contribution in [1.82, 2.24) is 14.8 Å². The maximum atomic E-state index is 13.1. The zero-order valence-corrected chi connectivity index (χ0v) is 13.9. The summed E-state index contributed by atoms with van der Waals surface area (Å²) in [7, 11) is 0. The number of halogens is 1. The second-order valence-electron chi connectivity index (χ2n) is 6.27. The van der Waals surface area contributed by atoms with Crippen molar-refractivity contribution < 1.29 is 9.18 Å². The van der Waals surface area contributed by atoms with Crippen LogP contribution in [0.3, 0.4) is 0 Å². The first kappa shape index (κ1) is 16.7. The van der Waals surface area contributed by atoms with Crippen molar-refractivity contribution >= 4 is 5.91 Å². The Labute approximate surface area is 142 Å². The molecule has 4 nitrogen and oxygen atoms in total. The monoisotopic (exact) mass is 329 g/mol. The maximum absolute atomic E-state index is 13.1. The third-order valence-electron chi connectivity index (χ3n) is 4.48. The van der Waals surface area contributed by atoms with E-state index in [0.717, 1.165) is 31.0 Å². The molecule has 0 unspecified atom stereocenters. The normalized spacial score (nSPS) is 15.4. The lowest BCUT2D eigenvalue weighted by atomic mass is 10.1. The molecule has 1 aromatic heterocycles. The fourth-order valence-corrected chi connectivity index (χ4v) is 3.18. The molecule has 2 heterocycles. The van der Waals surface area contributed by atoms with E-state index in [0.29, 0.717) is 13.0 Å². The number of aromatic nitrogens is 1. The molecule has 128 valence electrons. The third kappa shape index (κ3) is 4.45. The van der Waals surface area contributed by atoms with E-state index in [-0.39, 0.29) is 11.7 Å². The van der Waals surface area contributed by atoms with Gasteiger partial charge >= 0.3 is 0 Å². The van der Waals surface area contributed by atoms with Gasteiger partial charge in [-0.15, -0.1) is 0 Å². The van der Waals surface area contributed by atoms with Gasteiger partial charge in [-0.3, -0.25) is 4.79 Å². The molecule has 1 fully saturated rings. The van der Waals surface area contributed by atoms with Crippen LogP contribution in [0.25, 0.3) is 5.69 Å². The van der Waals surface area contributed by atoms with E-state index in [1.165, 1.54) is 31.4 Å². The molecule has 1 aliphatic rings. The van der Waals surface area contributed by atoms with E-state index in [1.54, 1.807) is 12.1 Å². The predicted molar refractivity (Wildman–Crippen MR) is 92.7 cm³/mol. The fourth-order valence-electron chi connectivity index (χ4n) is 3.18. The molecule has 24 heavy (non-hydrogen) atoms. The fraction of sp³-hybridized carbons (Fsp3) is 0.421. The Morgan fingerprint density at radius 2 is 1.83 bits per heavy atom. The van der Waals surface area contributed by atoms with Crippen LogP contribution in [0.1, 0.15) is 25.0 Å². The smallest absolute Gasteiger partial charge is 0.225 e. The van der Waals surface area contributed by atoms with Crippen LogP contribution in [0.4, 0.5) is 4.39 Å². The number of carbonyl (C=O) groups excluding carboxylic acids is 1. The Balaban J connectivity index is 1.51. The summed E-state index contributed by atoms with van der Waals surface area (Å²) in [5, 5.41) is 3.00. The van der Waals surface area contributed by atoms with E-state index in [9.17, 15) is 9.18 Å². The minimum Gasteiger partial charge on any atom is -0.354 e. The van der Waals surface area contributed by atoms with Crippen LogP contribution in [0.2, 0.25) is 0 Å². The molecule has 0 spiro atoms. The number of carbonyl (C=O) groups is 1. The average molecular weight is 329 g/mol. The van der Waals surface area contributed by atoms with Crippen LogP contribution >= 0.6 is 0 Å². The molecule has 2 aromatic rings. The average Bonchev–Trinajstić information content (AvgIpc) is 3.04. The quantitative estimate of drug-likeness (QED) is 0.885. The summed E-state index contributed by atoms with van der Waals surface area (Å²) in [5.74, 6) is -0.239. The van der Waals surface area contributed by atoms with Gasteiger partial charge in [-0.2, -0.15) is 0 Å². The second kappa shape index (κ2) is 8.11. The van der Waals surface area contributed by atoms with Crippen LogP contribution in [0.5, 0.6) is 0 Å². The van der Waals surface area contributed by atoms with E-state index in [1.807, 2.05) is 22.9 Å². The number of hydrogen-bond acceptors (Lipinski definition) is 2. The number of benzene rings is 1. The Bertz CT molecular complexity index is 660. The summed E-state index contributed by atoms with van der Waals surface area (Å²) in [6, 6.07) is 10.1. The van der Waals surface area contributed by atoms with Crippen molar-refractivity contribution in [3.63, 3.8) is 0 Å². The number of rotatable bonds is 6. The SMILES string of the molecule is O=C(Cc1cccn1-c1ccc(F)cc1)NCCN1CCCCC1. The Morgan fingerprint density at radius 1 is 1.08 bits per heavy atom. The van der Waals surface area contributed by atoms with E-state index >= 15 is 0 Å². The molecule has 1 saturated heterocycles. The van der Waals surface area contributed by atoms with Gasteiger partial charge in [0.15, 0.2) is 0 Å². The van der Waals surface area contributed by atoms with Crippen molar-refractivity contribution in [3.8, 4) is 5.69 Å². The topological polar surface area (TPSA) is 37.3 Å². The van der Waals surface area contributed by atoms with E-state index in [4.69, 9.17) is 0 Å². The highest BCUT2D eigenvalue weighted by molar-refractivity contribution is 5.78. The largest absolute Gasteiger partial charge is 0.354 e. The molecule has 1 aromatic carbocycles. The number of hydrogen-bond donors (Lipinski definition) is 1. The van der Waals surface area contributed by atoms with Crippen LogP contribution in [0, 0.1) is 5.82 Å². The van der Waals surface area contributed by atoms with Crippen molar-refractivity contribution in [3.05, 3.63) is 54.1 Å². The van der Waals surface area contributed by atoms with Crippen LogP contribution < -0.4 is 5.32 Å². The van der Waals surface area contributed by atoms with Gasteiger partial charge in [0.2, 0.25) is 5.91 Å². The third-order valence-corrected chi connectivity index (χ3v) is 4.48. The zero-order chi connectivity index (χ0) is 16.8. The molecule has 0 saturated carbocycles. The number of amides is 1. The number of nitrogens with one attached hydrogen (secondary N) is 1. The number of piperidine rings is 1. The lowest BCUT2D eigenvalue weighted by Gasteiger charge is -2.26. The predicted octanol–water partition coefficient (Wildman–Crippen LogP) is 2.76. The first-order valence-electron chi connectivity index (χ1n) is 8.63. The highest BCUT2D eigenvalue weighted by Gasteiger charge is 2.11. The summed E-state index contributed by atoms with van der Waals surface area (Å²) in [5.41, 5.74) is 1.76. The molecule has 5 heteroatoms. The first-order valence-corrected chi connectivity index (χ1v) is 8.63. The van der Waals surface area contributed by atoms with Crippen molar-refractivity contribution in [1.29, 1.82) is 0 Å². The minimum atomic E-state index is -0.261. The highest BCUT2D eigenvalue weighted by atomic mass is 19.1. The minimum absolute atomic E-state index is 0.0223. The summed E-state index contributed by atoms with van der Waals surface area (Å²) in [4.78, 5) is 14.6. The van der Waals surface area contributed by atoms with Crippen LogP contribution in [0.15, 0.2) is 42.6 Å². The maximum Gasteiger partial charge on any atom is 0.225 e. The van der Waals surface area contributed by atoms with Crippen molar-refractivity contribution in [2.75, 3.05) is 26.2 Å². The van der Waals surface area contributed by atoms with E-state index < -0.39 is 0 Å². The molecular weight excluding hydrogens is 305 g/mol. The van der Waals surface area contributed by atoms with Gasteiger partial charge in [0, 0.05) is 30.7 Å². The molecule has 0 atom stereocenters. The number of nitrogens with zero attached hydrogens (tertiary/aromatic N) is 2. The van der Waals surface area contributed by atoms with E-state index in [2.05, 4.69) is 10.2 Å². The van der Waals surface area contributed by atoms with Crippen LogP contribution in [-0.2, 0) is 11.2 Å². The lowest BCUT2D eigenvalue weighted by molar-refractivity contribution is -0.120. The lowest BCUT2D eigenvalue weighted by Crippen LogP contribution is -2.38. The highest BCUT2D eigenvalue weighted by Crippen LogP contribution is 2.14. The second-order valence-corrected chi connectivity index (χ2v) is 6.27. The molecular formula is C19H24FN3O.